The molecule has 1 saturated carbocycles. The molecule has 1 aliphatic carbocycles. The molecular weight excluding hydrogens is 286 g/mol. The van der Waals surface area contributed by atoms with Crippen LogP contribution in [-0.2, 0) is 0 Å². The van der Waals surface area contributed by atoms with Crippen molar-refractivity contribution in [2.75, 3.05) is 18.4 Å². The highest BCUT2D eigenvalue weighted by Gasteiger charge is 2.35. The van der Waals surface area contributed by atoms with Gasteiger partial charge in [-0.25, -0.2) is 4.98 Å². The number of nitrogens with zero attached hydrogens (tertiary/aromatic N) is 1. The summed E-state index contributed by atoms with van der Waals surface area (Å²) < 4.78 is 0. The Morgan fingerprint density at radius 1 is 1.67 bits per heavy atom. The van der Waals surface area contributed by atoms with Crippen LogP contribution >= 0.6 is 11.3 Å². The van der Waals surface area contributed by atoms with E-state index >= 15 is 0 Å². The van der Waals surface area contributed by atoms with Crippen molar-refractivity contribution in [1.29, 1.82) is 0 Å². The Balaban J connectivity index is 1.89. The summed E-state index contributed by atoms with van der Waals surface area (Å²) in [7, 11) is 0. The number of aromatic nitrogens is 1. The molecule has 2 atom stereocenters. The molecule has 116 valence electrons. The minimum absolute atomic E-state index is 0.127. The second-order valence-electron chi connectivity index (χ2n) is 5.80. The van der Waals surface area contributed by atoms with Gasteiger partial charge in [0.15, 0.2) is 5.13 Å². The Morgan fingerprint density at radius 2 is 2.48 bits per heavy atom. The van der Waals surface area contributed by atoms with Crippen molar-refractivity contribution in [2.24, 2.45) is 5.41 Å². The molecule has 1 amide bonds. The SMILES string of the molecule is C=CCNc1ncc(C(=O)NCC2(C)CCCCC2O)s1. The van der Waals surface area contributed by atoms with E-state index in [1.807, 2.05) is 6.92 Å². The topological polar surface area (TPSA) is 74.2 Å². The predicted molar refractivity (Wildman–Crippen MR) is 85.7 cm³/mol. The molecule has 6 heteroatoms. The van der Waals surface area contributed by atoms with Crippen LogP contribution in [-0.4, -0.2) is 35.2 Å². The van der Waals surface area contributed by atoms with Crippen molar-refractivity contribution >= 4 is 22.4 Å². The molecule has 5 nitrogen and oxygen atoms in total. The number of rotatable bonds is 6. The fourth-order valence-electron chi connectivity index (χ4n) is 2.58. The molecule has 1 fully saturated rings. The molecule has 2 unspecified atom stereocenters. The minimum Gasteiger partial charge on any atom is -0.392 e. The van der Waals surface area contributed by atoms with Crippen LogP contribution in [0.3, 0.4) is 0 Å². The molecule has 0 spiro atoms. The molecule has 3 N–H and O–H groups in total. The fourth-order valence-corrected chi connectivity index (χ4v) is 3.32. The summed E-state index contributed by atoms with van der Waals surface area (Å²) in [6, 6.07) is 0. The summed E-state index contributed by atoms with van der Waals surface area (Å²) in [5.41, 5.74) is -0.220. The third-order valence-electron chi connectivity index (χ3n) is 4.06. The standard InChI is InChI=1S/C15H23N3O2S/c1-3-8-16-14-17-9-11(21-14)13(20)18-10-15(2)7-5-4-6-12(15)19/h3,9,12,19H,1,4-8,10H2,2H3,(H,16,17)(H,18,20). The zero-order valence-corrected chi connectivity index (χ0v) is 13.2. The minimum atomic E-state index is -0.335. The quantitative estimate of drug-likeness (QED) is 0.706. The number of amides is 1. The second-order valence-corrected chi connectivity index (χ2v) is 6.83. The molecule has 0 aliphatic heterocycles. The zero-order valence-electron chi connectivity index (χ0n) is 12.4. The maximum Gasteiger partial charge on any atom is 0.263 e. The van der Waals surface area contributed by atoms with Gasteiger partial charge in [-0.1, -0.05) is 37.2 Å². The Hall–Kier alpha value is -1.40. The maximum absolute atomic E-state index is 12.2. The number of carbonyl (C=O) groups excluding carboxylic acids is 1. The number of aliphatic hydroxyl groups excluding tert-OH is 1. The Morgan fingerprint density at radius 3 is 3.19 bits per heavy atom. The van der Waals surface area contributed by atoms with E-state index in [1.54, 1.807) is 12.3 Å². The zero-order chi connectivity index (χ0) is 15.3. The van der Waals surface area contributed by atoms with Crippen LogP contribution in [0.5, 0.6) is 0 Å². The van der Waals surface area contributed by atoms with E-state index in [1.165, 1.54) is 11.3 Å². The van der Waals surface area contributed by atoms with Gasteiger partial charge in [-0.2, -0.15) is 0 Å². The van der Waals surface area contributed by atoms with Crippen LogP contribution < -0.4 is 10.6 Å². The molecule has 1 aliphatic rings. The number of thiazole rings is 1. The van der Waals surface area contributed by atoms with E-state index in [4.69, 9.17) is 0 Å². The maximum atomic E-state index is 12.2. The van der Waals surface area contributed by atoms with Crippen LogP contribution in [0.1, 0.15) is 42.3 Å². The Bertz CT molecular complexity index is 503. The third kappa shape index (κ3) is 4.04. The summed E-state index contributed by atoms with van der Waals surface area (Å²) >= 11 is 1.32. The van der Waals surface area contributed by atoms with Gasteiger partial charge in [0.05, 0.1) is 12.3 Å². The average molecular weight is 309 g/mol. The van der Waals surface area contributed by atoms with Gasteiger partial charge in [-0.3, -0.25) is 4.79 Å². The number of hydrogen-bond donors (Lipinski definition) is 3. The van der Waals surface area contributed by atoms with Gasteiger partial charge in [-0.05, 0) is 12.8 Å². The van der Waals surface area contributed by atoms with Crippen molar-refractivity contribution < 1.29 is 9.90 Å². The van der Waals surface area contributed by atoms with E-state index < -0.39 is 0 Å². The summed E-state index contributed by atoms with van der Waals surface area (Å²) in [5, 5.41) is 16.8. The Labute approximate surface area is 129 Å². The molecule has 21 heavy (non-hydrogen) atoms. The highest BCUT2D eigenvalue weighted by molar-refractivity contribution is 7.17. The molecule has 0 bridgehead atoms. The highest BCUT2D eigenvalue weighted by atomic mass is 32.1. The van der Waals surface area contributed by atoms with Gasteiger partial charge in [-0.15, -0.1) is 6.58 Å². The van der Waals surface area contributed by atoms with E-state index in [0.29, 0.717) is 23.1 Å². The normalized spacial score (nSPS) is 25.3. The molecule has 1 aromatic heterocycles. The van der Waals surface area contributed by atoms with Gasteiger partial charge in [0, 0.05) is 18.5 Å². The van der Waals surface area contributed by atoms with Crippen molar-refractivity contribution in [2.45, 2.75) is 38.7 Å². The summed E-state index contributed by atoms with van der Waals surface area (Å²) in [6.07, 6.45) is 6.93. The molecule has 1 heterocycles. The number of nitrogens with one attached hydrogen (secondary N) is 2. The number of aliphatic hydroxyl groups is 1. The van der Waals surface area contributed by atoms with Gasteiger partial charge in [0.25, 0.3) is 5.91 Å². The number of hydrogen-bond acceptors (Lipinski definition) is 5. The lowest BCUT2D eigenvalue weighted by molar-refractivity contribution is 0.00193. The van der Waals surface area contributed by atoms with Crippen molar-refractivity contribution in [1.82, 2.24) is 10.3 Å². The molecule has 1 aromatic rings. The largest absolute Gasteiger partial charge is 0.392 e. The van der Waals surface area contributed by atoms with Crippen molar-refractivity contribution in [3.63, 3.8) is 0 Å². The summed E-state index contributed by atoms with van der Waals surface area (Å²) in [6.45, 7) is 6.79. The van der Waals surface area contributed by atoms with Crippen molar-refractivity contribution in [3.8, 4) is 0 Å². The van der Waals surface area contributed by atoms with Crippen LogP contribution in [0, 0.1) is 5.41 Å². The van der Waals surface area contributed by atoms with E-state index in [9.17, 15) is 9.90 Å². The molecule has 2 rings (SSSR count). The van der Waals surface area contributed by atoms with Crippen LogP contribution in [0.25, 0.3) is 0 Å². The molecule has 0 aromatic carbocycles. The number of anilines is 1. The average Bonchev–Trinajstić information content (AvgIpc) is 2.95. The van der Waals surface area contributed by atoms with E-state index in [-0.39, 0.29) is 17.4 Å². The fraction of sp³-hybridized carbons (Fsp3) is 0.600. The summed E-state index contributed by atoms with van der Waals surface area (Å²) in [5.74, 6) is -0.127. The van der Waals surface area contributed by atoms with Crippen LogP contribution in [0.4, 0.5) is 5.13 Å². The lowest BCUT2D eigenvalue weighted by Gasteiger charge is -2.38. The Kier molecular flexibility index (Phi) is 5.36. The molecular formula is C15H23N3O2S. The second kappa shape index (κ2) is 7.04. The van der Waals surface area contributed by atoms with Gasteiger partial charge in [0.2, 0.25) is 0 Å². The van der Waals surface area contributed by atoms with Gasteiger partial charge in [0.1, 0.15) is 4.88 Å². The number of carbonyl (C=O) groups is 1. The van der Waals surface area contributed by atoms with Crippen LogP contribution in [0.2, 0.25) is 0 Å². The first-order chi connectivity index (χ1) is 10.0. The summed E-state index contributed by atoms with van der Waals surface area (Å²) in [4.78, 5) is 16.9. The van der Waals surface area contributed by atoms with Gasteiger partial charge < -0.3 is 15.7 Å². The van der Waals surface area contributed by atoms with Gasteiger partial charge >= 0.3 is 0 Å². The molecule has 0 saturated heterocycles. The molecule has 0 radical (unpaired) electrons. The highest BCUT2D eigenvalue weighted by Crippen LogP contribution is 2.35. The lowest BCUT2D eigenvalue weighted by atomic mass is 9.73. The third-order valence-corrected chi connectivity index (χ3v) is 5.01. The van der Waals surface area contributed by atoms with Crippen molar-refractivity contribution in [3.05, 3.63) is 23.7 Å². The first-order valence-electron chi connectivity index (χ1n) is 7.32. The van der Waals surface area contributed by atoms with Crippen LogP contribution in [0.15, 0.2) is 18.9 Å². The first-order valence-corrected chi connectivity index (χ1v) is 8.14. The van der Waals surface area contributed by atoms with E-state index in [0.717, 1.165) is 25.7 Å². The van der Waals surface area contributed by atoms with E-state index in [2.05, 4.69) is 22.2 Å². The smallest absolute Gasteiger partial charge is 0.263 e. The predicted octanol–water partition coefficient (Wildman–Crippen LogP) is 2.41. The first kappa shape index (κ1) is 16.0. The monoisotopic (exact) mass is 309 g/mol. The lowest BCUT2D eigenvalue weighted by Crippen LogP contribution is -2.45.